The fourth-order valence-corrected chi connectivity index (χ4v) is 7.64. The number of carbonyl (C=O) groups is 1. The lowest BCUT2D eigenvalue weighted by Crippen LogP contribution is -2.65. The molecule has 0 radical (unpaired) electrons. The van der Waals surface area contributed by atoms with Gasteiger partial charge < -0.3 is 65.1 Å². The Hall–Kier alpha value is -1.27. The number of carbonyl (C=O) groups excluding carboxylic acids is 1. The third kappa shape index (κ3) is 20.5. The standard InChI is InChI=1S/C44H83NO13/c1-3-5-7-9-10-11-12-13-14-15-16-17-18-19-20-21-22-24-25-27-33(48)32(45-36(49)28-26-23-8-6-4-2)31-55-43-41(54)39(52)42(35(30-47)57-43)58-44-40(53)38(51)37(50)34(29-46)56-44/h25,27,32-35,37-44,46-48,50-54H,3-24,26,28-31H2,1-2H3,(H,45,49)/b27-25+. The van der Waals surface area contributed by atoms with Crippen molar-refractivity contribution in [3.63, 3.8) is 0 Å². The Labute approximate surface area is 348 Å². The van der Waals surface area contributed by atoms with E-state index in [4.69, 9.17) is 18.9 Å². The number of unbranched alkanes of at least 4 members (excludes halogenated alkanes) is 21. The summed E-state index contributed by atoms with van der Waals surface area (Å²) in [6.45, 7) is 2.67. The van der Waals surface area contributed by atoms with Crippen LogP contribution in [0.3, 0.4) is 0 Å². The van der Waals surface area contributed by atoms with E-state index >= 15 is 0 Å². The molecule has 2 fully saturated rings. The lowest BCUT2D eigenvalue weighted by molar-refractivity contribution is -0.359. The highest BCUT2D eigenvalue weighted by Crippen LogP contribution is 2.30. The van der Waals surface area contributed by atoms with Crippen molar-refractivity contribution in [2.45, 2.75) is 242 Å². The van der Waals surface area contributed by atoms with Gasteiger partial charge in [0, 0.05) is 6.42 Å². The van der Waals surface area contributed by atoms with Crippen molar-refractivity contribution in [1.29, 1.82) is 0 Å². The third-order valence-corrected chi connectivity index (χ3v) is 11.5. The zero-order valence-electron chi connectivity index (χ0n) is 35.8. The number of aliphatic hydroxyl groups is 8. The molecule has 58 heavy (non-hydrogen) atoms. The molecule has 0 aliphatic carbocycles. The quantitative estimate of drug-likeness (QED) is 0.0324. The van der Waals surface area contributed by atoms with E-state index in [2.05, 4.69) is 19.2 Å². The van der Waals surface area contributed by atoms with E-state index in [0.29, 0.717) is 6.42 Å². The molecule has 0 bridgehead atoms. The van der Waals surface area contributed by atoms with Crippen LogP contribution in [-0.2, 0) is 23.7 Å². The monoisotopic (exact) mass is 834 g/mol. The van der Waals surface area contributed by atoms with Crippen molar-refractivity contribution in [3.05, 3.63) is 12.2 Å². The van der Waals surface area contributed by atoms with Crippen molar-refractivity contribution >= 4 is 5.91 Å². The second-order valence-corrected chi connectivity index (χ2v) is 16.5. The highest BCUT2D eigenvalue weighted by molar-refractivity contribution is 5.76. The summed E-state index contributed by atoms with van der Waals surface area (Å²) >= 11 is 0. The van der Waals surface area contributed by atoms with Gasteiger partial charge in [0.1, 0.15) is 48.8 Å². The van der Waals surface area contributed by atoms with E-state index in [9.17, 15) is 45.6 Å². The molecule has 342 valence electrons. The van der Waals surface area contributed by atoms with Crippen LogP contribution in [-0.4, -0.2) is 140 Å². The molecule has 0 aromatic carbocycles. The van der Waals surface area contributed by atoms with Crippen LogP contribution in [0.25, 0.3) is 0 Å². The first kappa shape index (κ1) is 52.9. The SMILES string of the molecule is CCCCCCCCCCCCCCCCCCC/C=C/C(O)C(COC1OC(CO)C(OC2OC(CO)C(O)C(O)C2O)C(O)C1O)NC(=O)CCCCCCC. The van der Waals surface area contributed by atoms with Gasteiger partial charge in [-0.05, 0) is 19.3 Å². The lowest BCUT2D eigenvalue weighted by Gasteiger charge is -2.46. The van der Waals surface area contributed by atoms with Crippen LogP contribution in [0, 0.1) is 0 Å². The molecule has 2 rings (SSSR count). The second kappa shape index (κ2) is 32.4. The molecule has 12 atom stereocenters. The van der Waals surface area contributed by atoms with Gasteiger partial charge in [-0.25, -0.2) is 0 Å². The summed E-state index contributed by atoms with van der Waals surface area (Å²) in [5.74, 6) is -0.253. The Kier molecular flexibility index (Phi) is 29.6. The van der Waals surface area contributed by atoms with Crippen molar-refractivity contribution in [2.24, 2.45) is 0 Å². The number of ether oxygens (including phenoxy) is 4. The molecule has 2 aliphatic heterocycles. The summed E-state index contributed by atoms with van der Waals surface area (Å²) in [6, 6.07) is -0.904. The Balaban J connectivity index is 1.80. The van der Waals surface area contributed by atoms with Crippen molar-refractivity contribution < 1.29 is 64.6 Å². The molecule has 0 spiro atoms. The number of nitrogens with one attached hydrogen (secondary N) is 1. The smallest absolute Gasteiger partial charge is 0.220 e. The molecular formula is C44H83NO13. The molecule has 0 saturated carbocycles. The normalized spacial score (nSPS) is 28.9. The summed E-state index contributed by atoms with van der Waals surface area (Å²) in [5, 5.41) is 86.1. The molecule has 9 N–H and O–H groups in total. The number of rotatable bonds is 34. The van der Waals surface area contributed by atoms with Crippen LogP contribution in [0.15, 0.2) is 12.2 Å². The lowest BCUT2D eigenvalue weighted by atomic mass is 9.97. The maximum absolute atomic E-state index is 12.9. The molecule has 14 heteroatoms. The molecule has 14 nitrogen and oxygen atoms in total. The van der Waals surface area contributed by atoms with Crippen LogP contribution in [0.5, 0.6) is 0 Å². The van der Waals surface area contributed by atoms with Gasteiger partial charge in [-0.15, -0.1) is 0 Å². The first-order chi connectivity index (χ1) is 28.1. The Bertz CT molecular complexity index is 1040. The molecule has 1 amide bonds. The largest absolute Gasteiger partial charge is 0.394 e. The van der Waals surface area contributed by atoms with Crippen LogP contribution < -0.4 is 5.32 Å². The van der Waals surface area contributed by atoms with Gasteiger partial charge in [0.2, 0.25) is 5.91 Å². The maximum Gasteiger partial charge on any atom is 0.220 e. The van der Waals surface area contributed by atoms with E-state index in [1.807, 2.05) is 6.08 Å². The number of hydrogen-bond donors (Lipinski definition) is 9. The average Bonchev–Trinajstić information content (AvgIpc) is 3.22. The topological polar surface area (TPSA) is 228 Å². The predicted octanol–water partition coefficient (Wildman–Crippen LogP) is 4.43. The molecule has 2 heterocycles. The van der Waals surface area contributed by atoms with Gasteiger partial charge >= 0.3 is 0 Å². The van der Waals surface area contributed by atoms with E-state index in [0.717, 1.165) is 44.9 Å². The zero-order valence-corrected chi connectivity index (χ0v) is 35.8. The second-order valence-electron chi connectivity index (χ2n) is 16.5. The van der Waals surface area contributed by atoms with E-state index in [1.54, 1.807) is 6.08 Å². The summed E-state index contributed by atoms with van der Waals surface area (Å²) < 4.78 is 22.5. The Morgan fingerprint density at radius 2 is 1.07 bits per heavy atom. The van der Waals surface area contributed by atoms with E-state index in [-0.39, 0.29) is 18.9 Å². The van der Waals surface area contributed by atoms with Gasteiger partial charge in [0.15, 0.2) is 12.6 Å². The van der Waals surface area contributed by atoms with Crippen LogP contribution in [0.2, 0.25) is 0 Å². The number of aliphatic hydroxyl groups excluding tert-OH is 8. The maximum atomic E-state index is 12.9. The fraction of sp³-hybridized carbons (Fsp3) is 0.932. The molecule has 0 aromatic heterocycles. The van der Waals surface area contributed by atoms with Gasteiger partial charge in [-0.3, -0.25) is 4.79 Å². The number of hydrogen-bond acceptors (Lipinski definition) is 13. The van der Waals surface area contributed by atoms with Crippen molar-refractivity contribution in [3.8, 4) is 0 Å². The third-order valence-electron chi connectivity index (χ3n) is 11.5. The Morgan fingerprint density at radius 1 is 0.603 bits per heavy atom. The van der Waals surface area contributed by atoms with Crippen molar-refractivity contribution in [1.82, 2.24) is 5.32 Å². The van der Waals surface area contributed by atoms with E-state index in [1.165, 1.54) is 96.3 Å². The van der Waals surface area contributed by atoms with Crippen LogP contribution in [0.1, 0.15) is 168 Å². The minimum atomic E-state index is -1.78. The summed E-state index contributed by atoms with van der Waals surface area (Å²) in [6.07, 6.45) is 14.6. The molecular weight excluding hydrogens is 750 g/mol. The molecule has 2 aliphatic rings. The first-order valence-electron chi connectivity index (χ1n) is 22.9. The number of allylic oxidation sites excluding steroid dienone is 1. The first-order valence-corrected chi connectivity index (χ1v) is 22.9. The minimum Gasteiger partial charge on any atom is -0.394 e. The zero-order chi connectivity index (χ0) is 42.5. The molecule has 12 unspecified atom stereocenters. The van der Waals surface area contributed by atoms with Gasteiger partial charge in [0.25, 0.3) is 0 Å². The van der Waals surface area contributed by atoms with Crippen LogP contribution in [0.4, 0.5) is 0 Å². The Morgan fingerprint density at radius 3 is 1.59 bits per heavy atom. The number of amides is 1. The van der Waals surface area contributed by atoms with Crippen molar-refractivity contribution in [2.75, 3.05) is 19.8 Å². The highest BCUT2D eigenvalue weighted by atomic mass is 16.7. The minimum absolute atomic E-state index is 0.253. The highest BCUT2D eigenvalue weighted by Gasteiger charge is 2.50. The molecule has 2 saturated heterocycles. The van der Waals surface area contributed by atoms with Gasteiger partial charge in [0.05, 0.1) is 32.0 Å². The van der Waals surface area contributed by atoms with E-state index < -0.39 is 86.8 Å². The predicted molar refractivity (Wildman–Crippen MR) is 222 cm³/mol. The fourth-order valence-electron chi connectivity index (χ4n) is 7.64. The average molecular weight is 834 g/mol. The molecule has 0 aromatic rings. The summed E-state index contributed by atoms with van der Waals surface area (Å²) in [4.78, 5) is 12.9. The summed E-state index contributed by atoms with van der Waals surface area (Å²) in [5.41, 5.74) is 0. The summed E-state index contributed by atoms with van der Waals surface area (Å²) in [7, 11) is 0. The van der Waals surface area contributed by atoms with Gasteiger partial charge in [-0.2, -0.15) is 0 Å². The van der Waals surface area contributed by atoms with Crippen LogP contribution >= 0.6 is 0 Å². The van der Waals surface area contributed by atoms with Gasteiger partial charge in [-0.1, -0.05) is 154 Å².